The van der Waals surface area contributed by atoms with Gasteiger partial charge in [-0.05, 0) is 59.1 Å². The summed E-state index contributed by atoms with van der Waals surface area (Å²) >= 11 is 0. The summed E-state index contributed by atoms with van der Waals surface area (Å²) in [7, 11) is 0. The van der Waals surface area contributed by atoms with Crippen LogP contribution in [0, 0.1) is 11.3 Å². The molecule has 4 N–H and O–H groups in total. The molecule has 0 aliphatic carbocycles. The number of ether oxygens (including phenoxy) is 2. The predicted octanol–water partition coefficient (Wildman–Crippen LogP) is 3.31. The van der Waals surface area contributed by atoms with Gasteiger partial charge in [-0.25, -0.2) is 9.59 Å². The minimum Gasteiger partial charge on any atom is -0.458 e. The van der Waals surface area contributed by atoms with E-state index in [2.05, 4.69) is 10.6 Å². The zero-order valence-corrected chi connectivity index (χ0v) is 26.7. The first-order valence-corrected chi connectivity index (χ1v) is 14.6. The molecule has 0 bridgehead atoms. The highest BCUT2D eigenvalue weighted by molar-refractivity contribution is 5.94. The maximum Gasteiger partial charge on any atom is 0.408 e. The second kappa shape index (κ2) is 16.2. The molecule has 0 radical (unpaired) electrons. The molecule has 0 aliphatic heterocycles. The number of primary amides is 1. The van der Waals surface area contributed by atoms with Crippen molar-refractivity contribution in [3.8, 4) is 6.07 Å². The van der Waals surface area contributed by atoms with Crippen molar-refractivity contribution in [2.75, 3.05) is 6.54 Å². The number of nitrogens with two attached hydrogens (primary N) is 1. The van der Waals surface area contributed by atoms with Gasteiger partial charge in [0.25, 0.3) is 0 Å². The minimum atomic E-state index is -1.41. The molecule has 2 aromatic carbocycles. The number of esters is 1. The highest BCUT2D eigenvalue weighted by Gasteiger charge is 2.38. The number of benzene rings is 2. The molecule has 0 spiro atoms. The molecule has 242 valence electrons. The van der Waals surface area contributed by atoms with Crippen LogP contribution in [0.5, 0.6) is 0 Å². The lowest BCUT2D eigenvalue weighted by Crippen LogP contribution is -2.55. The van der Waals surface area contributed by atoms with Crippen molar-refractivity contribution in [2.45, 2.75) is 90.1 Å². The van der Waals surface area contributed by atoms with E-state index in [1.165, 1.54) is 0 Å². The Labute approximate surface area is 264 Å². The largest absolute Gasteiger partial charge is 0.458 e. The van der Waals surface area contributed by atoms with E-state index in [1.807, 2.05) is 12.1 Å². The van der Waals surface area contributed by atoms with Gasteiger partial charge in [-0.3, -0.25) is 14.4 Å². The normalized spacial score (nSPS) is 13.3. The van der Waals surface area contributed by atoms with Crippen molar-refractivity contribution in [2.24, 2.45) is 5.73 Å². The third-order valence-electron chi connectivity index (χ3n) is 6.16. The smallest absolute Gasteiger partial charge is 0.408 e. The molecule has 12 heteroatoms. The number of rotatable bonds is 13. The van der Waals surface area contributed by atoms with Crippen LogP contribution in [-0.2, 0) is 35.1 Å². The molecule has 0 heterocycles. The fourth-order valence-electron chi connectivity index (χ4n) is 4.34. The van der Waals surface area contributed by atoms with Crippen LogP contribution in [0.4, 0.5) is 4.79 Å². The van der Waals surface area contributed by atoms with E-state index in [9.17, 15) is 29.2 Å². The first-order valence-electron chi connectivity index (χ1n) is 14.6. The molecule has 0 fully saturated rings. The van der Waals surface area contributed by atoms with Crippen LogP contribution < -0.4 is 16.4 Å². The standard InChI is InChI=1S/C33H43N5O7/c1-32(2,3)44-30(42)25(21-22-13-9-7-10-14-22)36-28(40)27(23-15-11-8-12-16-23)38(20-19-34)29(41)24(17-18-26(35)39)37-31(43)45-33(4,5)6/h7-16,24-25,27H,17-18,20-21H2,1-6H3,(H2,35,39)(H,36,40)(H,37,43). The lowest BCUT2D eigenvalue weighted by molar-refractivity contribution is -0.159. The highest BCUT2D eigenvalue weighted by atomic mass is 16.6. The van der Waals surface area contributed by atoms with Crippen LogP contribution in [0.2, 0.25) is 0 Å². The number of carbonyl (C=O) groups excluding carboxylic acids is 5. The predicted molar refractivity (Wildman–Crippen MR) is 166 cm³/mol. The number of nitrogens with zero attached hydrogens (tertiary/aromatic N) is 2. The second-order valence-corrected chi connectivity index (χ2v) is 12.4. The Morgan fingerprint density at radius 3 is 1.91 bits per heavy atom. The van der Waals surface area contributed by atoms with Gasteiger partial charge in [-0.2, -0.15) is 5.26 Å². The van der Waals surface area contributed by atoms with E-state index >= 15 is 0 Å². The quantitative estimate of drug-likeness (QED) is 0.225. The third-order valence-corrected chi connectivity index (χ3v) is 6.16. The number of nitriles is 1. The monoisotopic (exact) mass is 621 g/mol. The van der Waals surface area contributed by atoms with E-state index < -0.39 is 65.7 Å². The number of hydrogen-bond donors (Lipinski definition) is 3. The van der Waals surface area contributed by atoms with Crippen LogP contribution in [0.15, 0.2) is 60.7 Å². The lowest BCUT2D eigenvalue weighted by atomic mass is 10.00. The summed E-state index contributed by atoms with van der Waals surface area (Å²) in [5, 5.41) is 14.9. The maximum absolute atomic E-state index is 14.1. The first-order chi connectivity index (χ1) is 21.0. The zero-order valence-electron chi connectivity index (χ0n) is 26.7. The van der Waals surface area contributed by atoms with Crippen molar-refractivity contribution >= 4 is 29.8 Å². The van der Waals surface area contributed by atoms with E-state index in [1.54, 1.807) is 96.1 Å². The minimum absolute atomic E-state index is 0.0939. The average molecular weight is 622 g/mol. The summed E-state index contributed by atoms with van der Waals surface area (Å²) in [6.45, 7) is 9.47. The molecule has 0 saturated carbocycles. The van der Waals surface area contributed by atoms with Gasteiger partial charge >= 0.3 is 12.1 Å². The summed E-state index contributed by atoms with van der Waals surface area (Å²) in [4.78, 5) is 66.8. The van der Waals surface area contributed by atoms with Crippen molar-refractivity contribution in [3.05, 3.63) is 71.8 Å². The van der Waals surface area contributed by atoms with Crippen LogP contribution >= 0.6 is 0 Å². The van der Waals surface area contributed by atoms with Gasteiger partial charge in [-0.15, -0.1) is 0 Å². The van der Waals surface area contributed by atoms with Gasteiger partial charge < -0.3 is 30.7 Å². The summed E-state index contributed by atoms with van der Waals surface area (Å²) < 4.78 is 10.9. The topological polar surface area (TPSA) is 181 Å². The molecular weight excluding hydrogens is 578 g/mol. The van der Waals surface area contributed by atoms with Gasteiger partial charge in [0.2, 0.25) is 17.7 Å². The fourth-order valence-corrected chi connectivity index (χ4v) is 4.34. The Kier molecular flexibility index (Phi) is 13.1. The number of alkyl carbamates (subject to hydrolysis) is 1. The number of hydrogen-bond acceptors (Lipinski definition) is 8. The molecular formula is C33H43N5O7. The Bertz CT molecular complexity index is 1360. The van der Waals surface area contributed by atoms with E-state index in [4.69, 9.17) is 15.2 Å². The molecule has 3 atom stereocenters. The molecule has 0 aliphatic rings. The van der Waals surface area contributed by atoms with Crippen LogP contribution in [0.3, 0.4) is 0 Å². The fraction of sp³-hybridized carbons (Fsp3) is 0.455. The van der Waals surface area contributed by atoms with Gasteiger partial charge in [0.05, 0.1) is 6.07 Å². The molecule has 0 saturated heterocycles. The summed E-state index contributed by atoms with van der Waals surface area (Å²) in [5.74, 6) is -2.99. The van der Waals surface area contributed by atoms with E-state index in [-0.39, 0.29) is 19.3 Å². The summed E-state index contributed by atoms with van der Waals surface area (Å²) in [6, 6.07) is 15.2. The van der Waals surface area contributed by atoms with Crippen LogP contribution in [0.1, 0.15) is 71.6 Å². The Morgan fingerprint density at radius 1 is 0.844 bits per heavy atom. The number of carbonyl (C=O) groups is 5. The Morgan fingerprint density at radius 2 is 1.40 bits per heavy atom. The summed E-state index contributed by atoms with van der Waals surface area (Å²) in [5.41, 5.74) is 4.68. The van der Waals surface area contributed by atoms with E-state index in [0.29, 0.717) is 5.56 Å². The van der Waals surface area contributed by atoms with Crippen LogP contribution in [-0.4, -0.2) is 64.5 Å². The van der Waals surface area contributed by atoms with Gasteiger partial charge in [0.15, 0.2) is 0 Å². The number of nitrogens with one attached hydrogen (secondary N) is 2. The zero-order chi connectivity index (χ0) is 33.8. The Balaban J connectivity index is 2.54. The Hall–Kier alpha value is -4.92. The third kappa shape index (κ3) is 12.7. The van der Waals surface area contributed by atoms with Gasteiger partial charge in [-0.1, -0.05) is 60.7 Å². The van der Waals surface area contributed by atoms with Gasteiger partial charge in [0, 0.05) is 12.8 Å². The average Bonchev–Trinajstić information content (AvgIpc) is 2.93. The highest BCUT2D eigenvalue weighted by Crippen LogP contribution is 2.24. The molecule has 2 rings (SSSR count). The summed E-state index contributed by atoms with van der Waals surface area (Å²) in [6.07, 6.45) is -1.33. The maximum atomic E-state index is 14.1. The molecule has 3 unspecified atom stereocenters. The second-order valence-electron chi connectivity index (χ2n) is 12.4. The molecule has 45 heavy (non-hydrogen) atoms. The molecule has 12 nitrogen and oxygen atoms in total. The first kappa shape index (κ1) is 36.3. The van der Waals surface area contributed by atoms with Crippen molar-refractivity contribution in [3.63, 3.8) is 0 Å². The molecule has 0 aromatic heterocycles. The van der Waals surface area contributed by atoms with E-state index in [0.717, 1.165) is 10.5 Å². The molecule has 2 aromatic rings. The lowest BCUT2D eigenvalue weighted by Gasteiger charge is -2.34. The van der Waals surface area contributed by atoms with Crippen molar-refractivity contribution in [1.82, 2.24) is 15.5 Å². The number of amides is 4. The van der Waals surface area contributed by atoms with Crippen molar-refractivity contribution < 1.29 is 33.4 Å². The SMILES string of the molecule is CC(C)(C)OC(=O)NC(CCC(N)=O)C(=O)N(CC#N)C(C(=O)NC(Cc1ccccc1)C(=O)OC(C)(C)C)c1ccccc1. The molecule has 4 amide bonds. The van der Waals surface area contributed by atoms with Crippen molar-refractivity contribution in [1.29, 1.82) is 5.26 Å². The van der Waals surface area contributed by atoms with Gasteiger partial charge in [0.1, 0.15) is 35.9 Å². The van der Waals surface area contributed by atoms with Crippen LogP contribution in [0.25, 0.3) is 0 Å².